The highest BCUT2D eigenvalue weighted by molar-refractivity contribution is 5.51. The molecule has 2 aliphatic carbocycles. The average Bonchev–Trinajstić information content (AvgIpc) is 3.27. The van der Waals surface area contributed by atoms with E-state index in [0.717, 1.165) is 24.7 Å². The van der Waals surface area contributed by atoms with Crippen molar-refractivity contribution < 1.29 is 0 Å². The van der Waals surface area contributed by atoms with Crippen molar-refractivity contribution >= 4 is 18.5 Å². The Morgan fingerprint density at radius 1 is 1.43 bits per heavy atom. The first kappa shape index (κ1) is 15.7. The third-order valence-corrected chi connectivity index (χ3v) is 4.46. The van der Waals surface area contributed by atoms with Gasteiger partial charge in [-0.2, -0.15) is 4.98 Å². The zero-order valence-electron chi connectivity index (χ0n) is 13.9. The van der Waals surface area contributed by atoms with Gasteiger partial charge in [0.2, 0.25) is 5.95 Å². The molecule has 2 N–H and O–H groups in total. The van der Waals surface area contributed by atoms with Crippen molar-refractivity contribution in [2.24, 2.45) is 10.9 Å². The lowest BCUT2D eigenvalue weighted by atomic mass is 10.0. The van der Waals surface area contributed by atoms with Crippen molar-refractivity contribution in [3.8, 4) is 0 Å². The van der Waals surface area contributed by atoms with Gasteiger partial charge in [-0.1, -0.05) is 25.2 Å². The fourth-order valence-electron chi connectivity index (χ4n) is 2.98. The van der Waals surface area contributed by atoms with E-state index in [-0.39, 0.29) is 6.04 Å². The molecule has 0 aliphatic heterocycles. The molecule has 23 heavy (non-hydrogen) atoms. The van der Waals surface area contributed by atoms with Gasteiger partial charge in [0.25, 0.3) is 0 Å². The van der Waals surface area contributed by atoms with Gasteiger partial charge >= 0.3 is 0 Å². The Hall–Kier alpha value is -2.17. The van der Waals surface area contributed by atoms with Gasteiger partial charge in [-0.25, -0.2) is 4.98 Å². The molecule has 2 unspecified atom stereocenters. The minimum Gasteiger partial charge on any atom is -0.370 e. The quantitative estimate of drug-likeness (QED) is 0.758. The number of nitrogens with zero attached hydrogens (tertiary/aromatic N) is 3. The summed E-state index contributed by atoms with van der Waals surface area (Å²) < 4.78 is 0. The Morgan fingerprint density at radius 3 is 2.87 bits per heavy atom. The van der Waals surface area contributed by atoms with Crippen LogP contribution in [0.25, 0.3) is 0 Å². The molecule has 0 spiro atoms. The summed E-state index contributed by atoms with van der Waals surface area (Å²) in [4.78, 5) is 13.1. The monoisotopic (exact) mass is 311 g/mol. The van der Waals surface area contributed by atoms with Crippen molar-refractivity contribution in [1.29, 1.82) is 0 Å². The fraction of sp³-hybridized carbons (Fsp3) is 0.500. The summed E-state index contributed by atoms with van der Waals surface area (Å²) in [7, 11) is 0. The Morgan fingerprint density at radius 2 is 2.26 bits per heavy atom. The number of nitrogens with one attached hydrogen (secondary N) is 2. The first-order valence-corrected chi connectivity index (χ1v) is 8.38. The number of anilines is 2. The summed E-state index contributed by atoms with van der Waals surface area (Å²) in [6.45, 7) is 9.46. The minimum atomic E-state index is 0.226. The molecule has 5 nitrogen and oxygen atoms in total. The van der Waals surface area contributed by atoms with Gasteiger partial charge in [0, 0.05) is 18.3 Å². The smallest absolute Gasteiger partial charge is 0.225 e. The number of rotatable bonds is 7. The van der Waals surface area contributed by atoms with Crippen molar-refractivity contribution in [3.05, 3.63) is 35.6 Å². The summed E-state index contributed by atoms with van der Waals surface area (Å²) >= 11 is 0. The third kappa shape index (κ3) is 3.78. The van der Waals surface area contributed by atoms with Crippen LogP contribution in [0.4, 0.5) is 11.8 Å². The molecule has 2 aliphatic rings. The first-order chi connectivity index (χ1) is 11.2. The van der Waals surface area contributed by atoms with Gasteiger partial charge in [-0.15, -0.1) is 0 Å². The SMILES string of the molecule is C=NCC1=CCC(Nc2ncc([C@H]3CC3C)c(NCC)n2)C=C1. The second-order valence-corrected chi connectivity index (χ2v) is 6.35. The summed E-state index contributed by atoms with van der Waals surface area (Å²) in [6.07, 6.45) is 10.6. The summed E-state index contributed by atoms with van der Waals surface area (Å²) in [5.41, 5.74) is 2.47. The van der Waals surface area contributed by atoms with E-state index in [1.54, 1.807) is 0 Å². The normalized spacial score (nSPS) is 25.7. The first-order valence-electron chi connectivity index (χ1n) is 8.38. The maximum Gasteiger partial charge on any atom is 0.225 e. The van der Waals surface area contributed by atoms with E-state index in [2.05, 4.69) is 59.4 Å². The molecule has 0 aromatic carbocycles. The average molecular weight is 311 g/mol. The van der Waals surface area contributed by atoms with E-state index in [0.29, 0.717) is 18.4 Å². The Balaban J connectivity index is 1.68. The maximum atomic E-state index is 4.69. The van der Waals surface area contributed by atoms with E-state index in [4.69, 9.17) is 4.98 Å². The van der Waals surface area contributed by atoms with E-state index in [9.17, 15) is 0 Å². The Labute approximate surface area is 138 Å². The molecule has 3 rings (SSSR count). The maximum absolute atomic E-state index is 4.69. The van der Waals surface area contributed by atoms with Crippen molar-refractivity contribution in [2.75, 3.05) is 23.7 Å². The summed E-state index contributed by atoms with van der Waals surface area (Å²) in [6, 6.07) is 0.226. The zero-order chi connectivity index (χ0) is 16.2. The lowest BCUT2D eigenvalue weighted by molar-refractivity contribution is 0.843. The molecule has 0 saturated heterocycles. The van der Waals surface area contributed by atoms with Gasteiger partial charge in [0.05, 0.1) is 12.6 Å². The number of aliphatic imine (C=N–C) groups is 1. The second kappa shape index (κ2) is 6.94. The van der Waals surface area contributed by atoms with E-state index >= 15 is 0 Å². The van der Waals surface area contributed by atoms with E-state index in [1.165, 1.54) is 17.6 Å². The molecule has 122 valence electrons. The molecular formula is C18H25N5. The van der Waals surface area contributed by atoms with Crippen LogP contribution in [0.3, 0.4) is 0 Å². The van der Waals surface area contributed by atoms with Crippen LogP contribution in [-0.4, -0.2) is 35.8 Å². The molecule has 0 amide bonds. The molecule has 3 atom stereocenters. The molecule has 1 fully saturated rings. The van der Waals surface area contributed by atoms with E-state index in [1.807, 2.05) is 6.20 Å². The number of hydrogen-bond acceptors (Lipinski definition) is 5. The number of hydrogen-bond donors (Lipinski definition) is 2. The fourth-order valence-corrected chi connectivity index (χ4v) is 2.98. The number of aromatic nitrogens is 2. The molecular weight excluding hydrogens is 286 g/mol. The molecule has 0 radical (unpaired) electrons. The predicted octanol–water partition coefficient (Wildman–Crippen LogP) is 3.40. The molecule has 1 aromatic rings. The highest BCUT2D eigenvalue weighted by Gasteiger charge is 2.36. The van der Waals surface area contributed by atoms with Crippen LogP contribution in [0.2, 0.25) is 0 Å². The van der Waals surface area contributed by atoms with Gasteiger partial charge in [-0.05, 0) is 43.9 Å². The minimum absolute atomic E-state index is 0.226. The highest BCUT2D eigenvalue weighted by atomic mass is 15.2. The van der Waals surface area contributed by atoms with Crippen LogP contribution in [-0.2, 0) is 0 Å². The predicted molar refractivity (Wildman–Crippen MR) is 96.4 cm³/mol. The molecule has 1 heterocycles. The topological polar surface area (TPSA) is 62.2 Å². The summed E-state index contributed by atoms with van der Waals surface area (Å²) in [5.74, 6) is 3.03. The van der Waals surface area contributed by atoms with Crippen LogP contribution >= 0.6 is 0 Å². The molecule has 0 bridgehead atoms. The highest BCUT2D eigenvalue weighted by Crippen LogP contribution is 2.48. The van der Waals surface area contributed by atoms with Crippen LogP contribution < -0.4 is 10.6 Å². The second-order valence-electron chi connectivity index (χ2n) is 6.35. The Bertz CT molecular complexity index is 634. The van der Waals surface area contributed by atoms with Gasteiger partial charge in [-0.3, -0.25) is 4.99 Å². The zero-order valence-corrected chi connectivity index (χ0v) is 13.9. The molecule has 1 saturated carbocycles. The van der Waals surface area contributed by atoms with Crippen LogP contribution in [0.1, 0.15) is 38.2 Å². The lowest BCUT2D eigenvalue weighted by Crippen LogP contribution is -2.20. The Kier molecular flexibility index (Phi) is 4.74. The van der Waals surface area contributed by atoms with E-state index < -0.39 is 0 Å². The lowest BCUT2D eigenvalue weighted by Gasteiger charge is -2.18. The third-order valence-electron chi connectivity index (χ3n) is 4.46. The van der Waals surface area contributed by atoms with Crippen molar-refractivity contribution in [3.63, 3.8) is 0 Å². The largest absolute Gasteiger partial charge is 0.370 e. The van der Waals surface area contributed by atoms with Crippen molar-refractivity contribution in [1.82, 2.24) is 9.97 Å². The molecule has 1 aromatic heterocycles. The van der Waals surface area contributed by atoms with Crippen LogP contribution in [0.5, 0.6) is 0 Å². The van der Waals surface area contributed by atoms with Crippen molar-refractivity contribution in [2.45, 2.75) is 38.6 Å². The molecule has 5 heteroatoms. The van der Waals surface area contributed by atoms with Crippen LogP contribution in [0.15, 0.2) is 35.0 Å². The standard InChI is InChI=1S/C18H25N5/c1-4-20-17-16(15-9-12(15)2)11-21-18(23-17)22-14-7-5-13(6-8-14)10-19-3/h5-7,11-12,14-15H,3-4,8-10H2,1-2H3,(H2,20,21,22,23)/t12?,14?,15-/m0/s1. The van der Waals surface area contributed by atoms with Gasteiger partial charge < -0.3 is 10.6 Å². The van der Waals surface area contributed by atoms with Gasteiger partial charge in [0.1, 0.15) is 5.82 Å². The van der Waals surface area contributed by atoms with Crippen LogP contribution in [0, 0.1) is 5.92 Å². The summed E-state index contributed by atoms with van der Waals surface area (Å²) in [5, 5.41) is 6.78. The van der Waals surface area contributed by atoms with Gasteiger partial charge in [0.15, 0.2) is 0 Å².